The van der Waals surface area contributed by atoms with Crippen LogP contribution in [0, 0.1) is 0 Å². The van der Waals surface area contributed by atoms with Crippen molar-refractivity contribution in [3.8, 4) is 0 Å². The number of nitrogens with two attached hydrogens (primary N) is 3. The number of aliphatic hydroxyl groups excluding tert-OH is 8. The molecule has 3 aliphatic heterocycles. The molecule has 3 fully saturated rings. The number of aliphatic hydroxyl groups is 8. The van der Waals surface area contributed by atoms with Gasteiger partial charge in [0.2, 0.25) is 5.79 Å². The highest BCUT2D eigenvalue weighted by Crippen LogP contribution is 2.34. The van der Waals surface area contributed by atoms with Crippen molar-refractivity contribution >= 4 is 0 Å². The quantitative estimate of drug-likeness (QED) is 0.102. The molecule has 3 saturated heterocycles. The molecule has 0 amide bonds. The monoisotopic (exact) mass is 573 g/mol. The van der Waals surface area contributed by atoms with Crippen LogP contribution in [0.2, 0.25) is 0 Å². The molecule has 2 unspecified atom stereocenters. The molecule has 17 nitrogen and oxygen atoms in total. The molecule has 39 heavy (non-hydrogen) atoms. The third kappa shape index (κ3) is 6.71. The van der Waals surface area contributed by atoms with Crippen LogP contribution in [0.1, 0.15) is 19.8 Å². The third-order valence-corrected chi connectivity index (χ3v) is 7.27. The molecule has 0 aliphatic carbocycles. The summed E-state index contributed by atoms with van der Waals surface area (Å²) >= 11 is 0. The van der Waals surface area contributed by atoms with E-state index in [4.69, 9.17) is 45.6 Å². The SMILES string of the molecule is CCCCO[C@]1(CO)O[C@H](OC2[C@@H](CO)O[C@@H](OC3[C@@H](CO)O[C@@H](O)[C@H](N)[C@H]3O)[C@H](N)[C@H]2O)[C@H](N)[C@@H](O)[C@@H]1O. The van der Waals surface area contributed by atoms with Crippen molar-refractivity contribution in [1.29, 1.82) is 0 Å². The minimum Gasteiger partial charge on any atom is -0.394 e. The molecule has 3 rings (SSSR count). The van der Waals surface area contributed by atoms with E-state index < -0.39 is 111 Å². The standard InChI is InChI=1S/C22H43N3O14/c1-2-3-4-34-22(7-28)18(32)15(31)12(25)21(39-22)38-17-9(6-27)36-20(11(24)14(17)30)37-16-8(5-26)35-19(33)10(23)13(16)29/h8-21,26-33H,2-7,23-25H2,1H3/t8-,9-,10-,11-,12-,13-,14-,15-,16?,17?,18+,19-,20+,21+,22-/m1/s1. The van der Waals surface area contributed by atoms with Gasteiger partial charge in [-0.1, -0.05) is 13.3 Å². The number of hydrogen-bond donors (Lipinski definition) is 11. The van der Waals surface area contributed by atoms with E-state index in [1.54, 1.807) is 0 Å². The summed E-state index contributed by atoms with van der Waals surface area (Å²) in [5.41, 5.74) is 17.9. The second kappa shape index (κ2) is 14.0. The van der Waals surface area contributed by atoms with E-state index in [1.807, 2.05) is 6.92 Å². The van der Waals surface area contributed by atoms with Crippen molar-refractivity contribution in [2.24, 2.45) is 17.2 Å². The van der Waals surface area contributed by atoms with Crippen LogP contribution in [0.3, 0.4) is 0 Å². The topological polar surface area (TPSA) is 295 Å². The Kier molecular flexibility index (Phi) is 11.8. The van der Waals surface area contributed by atoms with Gasteiger partial charge < -0.3 is 86.5 Å². The Hall–Kier alpha value is -0.680. The minimum absolute atomic E-state index is 0.0768. The Morgan fingerprint density at radius 1 is 0.744 bits per heavy atom. The summed E-state index contributed by atoms with van der Waals surface area (Å²) in [4.78, 5) is 0. The van der Waals surface area contributed by atoms with E-state index in [0.29, 0.717) is 6.42 Å². The summed E-state index contributed by atoms with van der Waals surface area (Å²) in [5.74, 6) is -2.09. The molecule has 230 valence electrons. The van der Waals surface area contributed by atoms with Crippen molar-refractivity contribution in [3.63, 3.8) is 0 Å². The molecular weight excluding hydrogens is 530 g/mol. The number of unbranched alkanes of at least 4 members (excludes halogenated alkanes) is 1. The van der Waals surface area contributed by atoms with Gasteiger partial charge in [0.15, 0.2) is 18.9 Å². The van der Waals surface area contributed by atoms with Gasteiger partial charge in [-0.2, -0.15) is 0 Å². The molecule has 0 aromatic rings. The summed E-state index contributed by atoms with van der Waals surface area (Å²) in [7, 11) is 0. The van der Waals surface area contributed by atoms with Crippen molar-refractivity contribution in [2.75, 3.05) is 26.4 Å². The lowest BCUT2D eigenvalue weighted by molar-refractivity contribution is -0.408. The lowest BCUT2D eigenvalue weighted by Gasteiger charge is -2.50. The zero-order valence-corrected chi connectivity index (χ0v) is 21.6. The molecule has 0 bridgehead atoms. The first-order chi connectivity index (χ1) is 18.5. The van der Waals surface area contributed by atoms with E-state index in [0.717, 1.165) is 6.42 Å². The average Bonchev–Trinajstić information content (AvgIpc) is 2.93. The second-order valence-electron chi connectivity index (χ2n) is 9.98. The van der Waals surface area contributed by atoms with E-state index in [-0.39, 0.29) is 6.61 Å². The zero-order chi connectivity index (χ0) is 29.1. The van der Waals surface area contributed by atoms with Gasteiger partial charge in [0.25, 0.3) is 0 Å². The fourth-order valence-electron chi connectivity index (χ4n) is 4.74. The summed E-state index contributed by atoms with van der Waals surface area (Å²) < 4.78 is 33.6. The first kappa shape index (κ1) is 32.8. The molecule has 0 aromatic heterocycles. The smallest absolute Gasteiger partial charge is 0.223 e. The molecule has 0 saturated carbocycles. The van der Waals surface area contributed by atoms with E-state index in [2.05, 4.69) is 0 Å². The van der Waals surface area contributed by atoms with E-state index >= 15 is 0 Å². The third-order valence-electron chi connectivity index (χ3n) is 7.27. The molecular formula is C22H43N3O14. The Balaban J connectivity index is 1.75. The van der Waals surface area contributed by atoms with Crippen LogP contribution in [-0.4, -0.2) is 159 Å². The van der Waals surface area contributed by atoms with Gasteiger partial charge in [0.1, 0.15) is 55.4 Å². The van der Waals surface area contributed by atoms with Crippen LogP contribution in [0.25, 0.3) is 0 Å². The van der Waals surface area contributed by atoms with Gasteiger partial charge in [-0.05, 0) is 6.42 Å². The fraction of sp³-hybridized carbons (Fsp3) is 1.00. The first-order valence-corrected chi connectivity index (χ1v) is 12.9. The average molecular weight is 574 g/mol. The highest BCUT2D eigenvalue weighted by molar-refractivity contribution is 5.00. The zero-order valence-electron chi connectivity index (χ0n) is 21.6. The maximum atomic E-state index is 11.0. The van der Waals surface area contributed by atoms with Crippen LogP contribution in [0.5, 0.6) is 0 Å². The predicted octanol–water partition coefficient (Wildman–Crippen LogP) is -6.53. The molecule has 3 heterocycles. The second-order valence-corrected chi connectivity index (χ2v) is 9.98. The Labute approximate surface area is 224 Å². The van der Waals surface area contributed by atoms with Gasteiger partial charge in [0.05, 0.1) is 37.9 Å². The van der Waals surface area contributed by atoms with Crippen LogP contribution < -0.4 is 17.2 Å². The van der Waals surface area contributed by atoms with Crippen LogP contribution in [0.15, 0.2) is 0 Å². The maximum Gasteiger partial charge on any atom is 0.223 e. The molecule has 0 aromatic carbocycles. The van der Waals surface area contributed by atoms with Gasteiger partial charge in [-0.3, -0.25) is 0 Å². The van der Waals surface area contributed by atoms with Gasteiger partial charge in [-0.15, -0.1) is 0 Å². The van der Waals surface area contributed by atoms with Crippen molar-refractivity contribution in [1.82, 2.24) is 0 Å². The summed E-state index contributed by atoms with van der Waals surface area (Å²) in [6, 6.07) is -4.03. The normalized spacial score (nSPS) is 49.2. The first-order valence-electron chi connectivity index (χ1n) is 12.9. The molecule has 0 spiro atoms. The highest BCUT2D eigenvalue weighted by atomic mass is 16.8. The van der Waals surface area contributed by atoms with Crippen molar-refractivity contribution in [3.05, 3.63) is 0 Å². The predicted molar refractivity (Wildman–Crippen MR) is 127 cm³/mol. The minimum atomic E-state index is -2.09. The van der Waals surface area contributed by atoms with Gasteiger partial charge in [0, 0.05) is 0 Å². The van der Waals surface area contributed by atoms with Crippen molar-refractivity contribution in [2.45, 2.75) is 111 Å². The molecule has 17 heteroatoms. The van der Waals surface area contributed by atoms with Gasteiger partial charge >= 0.3 is 0 Å². The van der Waals surface area contributed by atoms with Crippen molar-refractivity contribution < 1.29 is 69.3 Å². The Morgan fingerprint density at radius 3 is 1.85 bits per heavy atom. The van der Waals surface area contributed by atoms with Crippen LogP contribution in [0.4, 0.5) is 0 Å². The summed E-state index contributed by atoms with van der Waals surface area (Å²) in [5, 5.41) is 81.9. The Morgan fingerprint density at radius 2 is 1.28 bits per heavy atom. The molecule has 14 N–H and O–H groups in total. The molecule has 0 radical (unpaired) electrons. The Bertz CT molecular complexity index is 755. The lowest BCUT2D eigenvalue weighted by Crippen LogP contribution is -2.72. The summed E-state index contributed by atoms with van der Waals surface area (Å²) in [6.07, 6.45) is -15.1. The van der Waals surface area contributed by atoms with Crippen LogP contribution >= 0.6 is 0 Å². The molecule has 3 aliphatic rings. The maximum absolute atomic E-state index is 11.0. The van der Waals surface area contributed by atoms with E-state index in [9.17, 15) is 40.9 Å². The molecule has 15 atom stereocenters. The van der Waals surface area contributed by atoms with Gasteiger partial charge in [-0.25, -0.2) is 0 Å². The number of hydrogen-bond acceptors (Lipinski definition) is 17. The lowest BCUT2D eigenvalue weighted by atomic mass is 9.93. The largest absolute Gasteiger partial charge is 0.394 e. The summed E-state index contributed by atoms with van der Waals surface area (Å²) in [6.45, 7) is -0.284. The number of ether oxygens (including phenoxy) is 6. The number of rotatable bonds is 11. The fourth-order valence-corrected chi connectivity index (χ4v) is 4.74. The van der Waals surface area contributed by atoms with Crippen LogP contribution in [-0.2, 0) is 28.4 Å². The highest BCUT2D eigenvalue weighted by Gasteiger charge is 2.57. The van der Waals surface area contributed by atoms with E-state index in [1.165, 1.54) is 0 Å².